The van der Waals surface area contributed by atoms with Gasteiger partial charge in [-0.2, -0.15) is 9.29 Å². The van der Waals surface area contributed by atoms with Crippen LogP contribution in [0.15, 0.2) is 151 Å². The normalized spacial score (nSPS) is 20.4. The number of phosphoric ester groups is 2. The molecule has 1 aliphatic rings. The fraction of sp³-hybridized carbons (Fsp3) is 0.500. The fourth-order valence-corrected chi connectivity index (χ4v) is 8.95. The van der Waals surface area contributed by atoms with E-state index in [1.807, 2.05) is 37.3 Å². The van der Waals surface area contributed by atoms with Gasteiger partial charge in [-0.1, -0.05) is 154 Å². The minimum atomic E-state index is -5.49. The van der Waals surface area contributed by atoms with Gasteiger partial charge in [0.2, 0.25) is 0 Å². The first kappa shape index (κ1) is 68.9. The molecule has 22 heteroatoms. The first-order valence-corrected chi connectivity index (χ1v) is 29.4. The van der Waals surface area contributed by atoms with Gasteiger partial charge in [0.1, 0.15) is 30.7 Å². The smallest absolute Gasteiger partial charge is 0.462 e. The van der Waals surface area contributed by atoms with E-state index in [9.17, 15) is 53.7 Å². The van der Waals surface area contributed by atoms with Crippen LogP contribution >= 0.6 is 15.6 Å². The Balaban J connectivity index is 1.87. The van der Waals surface area contributed by atoms with Crippen LogP contribution < -0.4 is 11.4 Å². The number of nitrogen functional groups attached to an aromatic ring is 1. The van der Waals surface area contributed by atoms with Crippen molar-refractivity contribution in [3.8, 4) is 0 Å². The minimum Gasteiger partial charge on any atom is -0.462 e. The number of nitrogens with two attached hydrogens (primary N) is 1. The summed E-state index contributed by atoms with van der Waals surface area (Å²) in [4.78, 5) is 62.0. The topological polar surface area (TPSA) is 306 Å². The zero-order chi connectivity index (χ0) is 57.3. The lowest BCUT2D eigenvalue weighted by molar-refractivity contribution is -0.161. The molecule has 1 aromatic rings. The molecule has 0 spiro atoms. The van der Waals surface area contributed by atoms with Gasteiger partial charge in [-0.25, -0.2) is 13.9 Å². The molecule has 1 aromatic heterocycles. The average molecular weight is 1130 g/mol. The van der Waals surface area contributed by atoms with Crippen molar-refractivity contribution in [2.24, 2.45) is 0 Å². The number of allylic oxidation sites excluding steroid dienone is 18. The minimum absolute atomic E-state index is 0.0414. The van der Waals surface area contributed by atoms with E-state index in [4.69, 9.17) is 29.0 Å². The second-order valence-electron chi connectivity index (χ2n) is 17.7. The Hall–Kier alpha value is -5.18. The Morgan fingerprint density at radius 1 is 0.692 bits per heavy atom. The van der Waals surface area contributed by atoms with Crippen molar-refractivity contribution in [3.63, 3.8) is 0 Å². The number of anilines is 1. The Labute approximate surface area is 459 Å². The molecule has 0 bridgehead atoms. The summed E-state index contributed by atoms with van der Waals surface area (Å²) < 4.78 is 56.6. The molecule has 78 heavy (non-hydrogen) atoms. The summed E-state index contributed by atoms with van der Waals surface area (Å²) in [5, 5.41) is 41.1. The van der Waals surface area contributed by atoms with Gasteiger partial charge in [0, 0.05) is 19.0 Å². The van der Waals surface area contributed by atoms with Gasteiger partial charge in [-0.05, 0) is 89.5 Å². The number of hydrogen-bond donors (Lipinski definition) is 7. The van der Waals surface area contributed by atoms with Gasteiger partial charge < -0.3 is 50.2 Å². The highest BCUT2D eigenvalue weighted by Crippen LogP contribution is 2.60. The van der Waals surface area contributed by atoms with E-state index in [2.05, 4.69) is 77.0 Å². The van der Waals surface area contributed by atoms with Crippen LogP contribution in [-0.2, 0) is 46.3 Å². The third-order valence-corrected chi connectivity index (χ3v) is 13.5. The summed E-state index contributed by atoms with van der Waals surface area (Å²) in [7, 11) is -11.0. The molecule has 1 saturated heterocycles. The van der Waals surface area contributed by atoms with E-state index in [0.717, 1.165) is 62.1 Å². The van der Waals surface area contributed by atoms with Crippen molar-refractivity contribution < 1.29 is 76.5 Å². The van der Waals surface area contributed by atoms with Crippen molar-refractivity contribution in [2.75, 3.05) is 25.6 Å². The molecule has 2 unspecified atom stereocenters. The number of esters is 2. The van der Waals surface area contributed by atoms with Crippen molar-refractivity contribution >= 4 is 33.4 Å². The van der Waals surface area contributed by atoms with Crippen LogP contribution in [0.25, 0.3) is 0 Å². The Morgan fingerprint density at radius 3 is 1.92 bits per heavy atom. The van der Waals surface area contributed by atoms with E-state index in [1.165, 1.54) is 6.07 Å². The van der Waals surface area contributed by atoms with Crippen molar-refractivity contribution in [3.05, 3.63) is 156 Å². The molecular formula is C56H83N3O17P2. The highest BCUT2D eigenvalue weighted by Gasteiger charge is 2.46. The van der Waals surface area contributed by atoms with E-state index >= 15 is 0 Å². The number of aromatic nitrogens is 2. The largest absolute Gasteiger partial charge is 0.481 e. The predicted octanol–water partition coefficient (Wildman–Crippen LogP) is 9.27. The summed E-state index contributed by atoms with van der Waals surface area (Å²) in [5.74, 6) is -1.55. The number of phosphoric acid groups is 2. The van der Waals surface area contributed by atoms with Gasteiger partial charge in [0.15, 0.2) is 12.3 Å². The van der Waals surface area contributed by atoms with Gasteiger partial charge in [0.05, 0.1) is 25.4 Å². The monoisotopic (exact) mass is 1130 g/mol. The maximum absolute atomic E-state index is 12.9. The quantitative estimate of drug-likeness (QED) is 0.0106. The first-order chi connectivity index (χ1) is 37.5. The fourth-order valence-electron chi connectivity index (χ4n) is 6.84. The first-order valence-electron chi connectivity index (χ1n) is 26.4. The number of aliphatic hydroxyl groups excluding tert-OH is 4. The van der Waals surface area contributed by atoms with Gasteiger partial charge in [-0.3, -0.25) is 23.2 Å². The SMILES string of the molecule is CC/C=C\C/C=C\C/C=C\C/C=C\C/C=C\CCCCCC(=O)O[C@H](COC(=O)CCC/C=C\[C@H](O)/C=C/C=C\C/C=C\C=C\[C@H](O)C/C=C\CC)COP(=O)(O)OP(=O)(O)OC[C@H]1O[C@@H](n2ccc(N)nc2=O)[C@H](O)[C@@H]1O. The Bertz CT molecular complexity index is 2370. The molecule has 0 radical (unpaired) electrons. The standard InChI is InChI=1S/C56H83N3O17P2/c1-3-5-7-8-9-10-11-12-13-14-15-16-17-18-19-20-24-27-33-40-52(63)74-48(43-71-51(62)39-34-28-32-38-47(61)37-31-26-23-21-22-25-30-36-46(60)35-29-6-4-2)44-72-77(67,68)76-78(69,70)73-45-49-53(64)54(65)55(75-49)59-42-41-50(57)58-56(59)66/h5-7,9-10,12-13,15-16,18-19,22-23,25-26,29-32,36-38,41-42,46-49,53-55,60-61,64-65H,3-4,8,11,14,17,20-21,24,27-28,33-35,39-40,43-45H2,1-2H3,(H,67,68)(H,69,70)(H2,57,58,66)/b7-5-,10-9-,13-12-,16-15-,19-18-,25-22-,26-23-,29-6-,36-30+,37-31+,38-32-/t46-,47-,48-,49-,53-,54-,55-/m1/s1. The maximum atomic E-state index is 12.9. The molecule has 0 saturated carbocycles. The van der Waals surface area contributed by atoms with E-state index in [0.29, 0.717) is 38.5 Å². The zero-order valence-corrected chi connectivity index (χ0v) is 46.7. The molecule has 0 aliphatic carbocycles. The number of carbonyl (C=O) groups excluding carboxylic acids is 2. The van der Waals surface area contributed by atoms with Crippen LogP contribution in [0, 0.1) is 0 Å². The second kappa shape index (κ2) is 41.8. The summed E-state index contributed by atoms with van der Waals surface area (Å²) in [6.45, 7) is 1.62. The second-order valence-corrected chi connectivity index (χ2v) is 20.7. The number of hydrogen-bond acceptors (Lipinski definition) is 17. The van der Waals surface area contributed by atoms with Crippen LogP contribution in [0.3, 0.4) is 0 Å². The molecule has 1 fully saturated rings. The molecule has 434 valence electrons. The third-order valence-electron chi connectivity index (χ3n) is 10.9. The highest BCUT2D eigenvalue weighted by atomic mass is 31.3. The van der Waals surface area contributed by atoms with E-state index in [-0.39, 0.29) is 18.7 Å². The lowest BCUT2D eigenvalue weighted by Crippen LogP contribution is -2.36. The summed E-state index contributed by atoms with van der Waals surface area (Å²) in [6.07, 6.45) is 44.5. The van der Waals surface area contributed by atoms with E-state index in [1.54, 1.807) is 42.5 Å². The number of unbranched alkanes of at least 4 members (excludes halogenated alkanes) is 4. The lowest BCUT2D eigenvalue weighted by atomic mass is 10.1. The highest BCUT2D eigenvalue weighted by molar-refractivity contribution is 7.61. The molecule has 8 N–H and O–H groups in total. The molecule has 9 atom stereocenters. The van der Waals surface area contributed by atoms with Gasteiger partial charge in [0.25, 0.3) is 0 Å². The van der Waals surface area contributed by atoms with Gasteiger partial charge >= 0.3 is 33.3 Å². The van der Waals surface area contributed by atoms with Crippen molar-refractivity contribution in [1.29, 1.82) is 0 Å². The Morgan fingerprint density at radius 2 is 1.27 bits per heavy atom. The molecular weight excluding hydrogens is 1050 g/mol. The number of aliphatic hydroxyl groups is 4. The average Bonchev–Trinajstić information content (AvgIpc) is 3.68. The van der Waals surface area contributed by atoms with Crippen LogP contribution in [-0.4, -0.2) is 108 Å². The molecule has 2 rings (SSSR count). The number of rotatable bonds is 41. The number of carbonyl (C=O) groups is 2. The van der Waals surface area contributed by atoms with Crippen LogP contribution in [0.5, 0.6) is 0 Å². The van der Waals surface area contributed by atoms with Crippen molar-refractivity contribution in [1.82, 2.24) is 9.55 Å². The molecule has 0 aromatic carbocycles. The molecule has 20 nitrogen and oxygen atoms in total. The van der Waals surface area contributed by atoms with E-state index < -0.39 is 95.9 Å². The molecule has 1 aliphatic heterocycles. The lowest BCUT2D eigenvalue weighted by Gasteiger charge is -2.21. The maximum Gasteiger partial charge on any atom is 0.481 e. The predicted molar refractivity (Wildman–Crippen MR) is 300 cm³/mol. The molecule has 2 heterocycles. The Kier molecular flexibility index (Phi) is 36.9. The summed E-state index contributed by atoms with van der Waals surface area (Å²) in [6, 6.07) is 1.23. The van der Waals surface area contributed by atoms with Crippen LogP contribution in [0.2, 0.25) is 0 Å². The van der Waals surface area contributed by atoms with Gasteiger partial charge in [-0.15, -0.1) is 0 Å². The zero-order valence-electron chi connectivity index (χ0n) is 44.9. The van der Waals surface area contributed by atoms with Crippen LogP contribution in [0.1, 0.15) is 123 Å². The summed E-state index contributed by atoms with van der Waals surface area (Å²) in [5.41, 5.74) is 4.56. The summed E-state index contributed by atoms with van der Waals surface area (Å²) >= 11 is 0. The number of nitrogens with zero attached hydrogens (tertiary/aromatic N) is 2. The number of ether oxygens (including phenoxy) is 3. The van der Waals surface area contributed by atoms with Crippen molar-refractivity contribution in [2.45, 2.75) is 159 Å². The van der Waals surface area contributed by atoms with Crippen LogP contribution in [0.4, 0.5) is 5.82 Å². The molecule has 0 amide bonds. The third kappa shape index (κ3) is 34.0.